The average Bonchev–Trinajstić information content (AvgIpc) is 2.55. The summed E-state index contributed by atoms with van der Waals surface area (Å²) in [5.74, 6) is -3.82. The number of aliphatic carboxylic acids is 2. The summed E-state index contributed by atoms with van der Waals surface area (Å²) in [7, 11) is 1.40. The van der Waals surface area contributed by atoms with Crippen LogP contribution >= 0.6 is 11.6 Å². The minimum absolute atomic E-state index is 0.106. The molecule has 0 fully saturated rings. The molecule has 8 heteroatoms. The van der Waals surface area contributed by atoms with Crippen molar-refractivity contribution in [3.63, 3.8) is 0 Å². The number of hydrogen-bond donors (Lipinski definition) is 3. The lowest BCUT2D eigenvalue weighted by atomic mass is 9.61. The van der Waals surface area contributed by atoms with Gasteiger partial charge in [-0.1, -0.05) is 37.6 Å². The van der Waals surface area contributed by atoms with Crippen molar-refractivity contribution in [2.45, 2.75) is 44.6 Å². The Bertz CT molecular complexity index is 670. The maximum absolute atomic E-state index is 12.1. The third-order valence-electron chi connectivity index (χ3n) is 4.63. The van der Waals surface area contributed by atoms with Crippen molar-refractivity contribution in [2.24, 2.45) is 0 Å². The Kier molecular flexibility index (Phi) is 6.42. The molecular weight excluding hydrogens is 350 g/mol. The Balaban J connectivity index is 3.94. The fourth-order valence-electron chi connectivity index (χ4n) is 3.39. The van der Waals surface area contributed by atoms with Crippen LogP contribution in [0.15, 0.2) is 18.2 Å². The van der Waals surface area contributed by atoms with E-state index >= 15 is 0 Å². The van der Waals surface area contributed by atoms with Gasteiger partial charge < -0.3 is 20.3 Å². The molecule has 0 aliphatic rings. The van der Waals surface area contributed by atoms with Crippen LogP contribution in [0, 0.1) is 0 Å². The summed E-state index contributed by atoms with van der Waals surface area (Å²) < 4.78 is 5.17. The van der Waals surface area contributed by atoms with E-state index < -0.39 is 28.8 Å². The second-order valence-corrected chi connectivity index (χ2v) is 6.03. The molecule has 0 unspecified atom stereocenters. The maximum Gasteiger partial charge on any atom is 0.342 e. The first-order chi connectivity index (χ1) is 11.6. The van der Waals surface area contributed by atoms with Gasteiger partial charge in [-0.2, -0.15) is 0 Å². The zero-order valence-electron chi connectivity index (χ0n) is 14.6. The molecule has 0 saturated carbocycles. The zero-order chi connectivity index (χ0) is 19.4. The van der Waals surface area contributed by atoms with E-state index in [1.165, 1.54) is 7.11 Å². The molecule has 1 amide bonds. The van der Waals surface area contributed by atoms with E-state index in [4.69, 9.17) is 16.3 Å². The van der Waals surface area contributed by atoms with Gasteiger partial charge in [0.15, 0.2) is 0 Å². The number of methoxy groups -OCH3 is 1. The Morgan fingerprint density at radius 3 is 2.04 bits per heavy atom. The number of halogens is 1. The van der Waals surface area contributed by atoms with Crippen molar-refractivity contribution in [3.8, 4) is 5.75 Å². The lowest BCUT2D eigenvalue weighted by Crippen LogP contribution is -2.71. The van der Waals surface area contributed by atoms with E-state index in [9.17, 15) is 24.6 Å². The number of carboxylic acid groups (broad SMARTS) is 2. The van der Waals surface area contributed by atoms with Crippen LogP contribution in [0.25, 0.3) is 0 Å². The molecule has 1 aromatic rings. The second kappa shape index (κ2) is 7.74. The van der Waals surface area contributed by atoms with Gasteiger partial charge >= 0.3 is 11.9 Å². The van der Waals surface area contributed by atoms with Gasteiger partial charge in [-0.05, 0) is 24.5 Å². The zero-order valence-corrected chi connectivity index (χ0v) is 15.3. The summed E-state index contributed by atoms with van der Waals surface area (Å²) in [4.78, 5) is 36.0. The maximum atomic E-state index is 12.1. The molecule has 3 N–H and O–H groups in total. The van der Waals surface area contributed by atoms with Gasteiger partial charge in [-0.3, -0.25) is 4.79 Å². The highest BCUT2D eigenvalue weighted by molar-refractivity contribution is 6.33. The minimum Gasteiger partial charge on any atom is -0.495 e. The van der Waals surface area contributed by atoms with Crippen LogP contribution in [0.4, 0.5) is 0 Å². The molecule has 0 radical (unpaired) electrons. The molecule has 1 rings (SSSR count). The predicted molar refractivity (Wildman–Crippen MR) is 92.1 cm³/mol. The first-order valence-corrected chi connectivity index (χ1v) is 8.10. The second-order valence-electron chi connectivity index (χ2n) is 5.65. The van der Waals surface area contributed by atoms with Crippen molar-refractivity contribution < 1.29 is 29.3 Å². The van der Waals surface area contributed by atoms with Crippen molar-refractivity contribution in [1.82, 2.24) is 5.32 Å². The molecule has 0 atom stereocenters. The standard InChI is InChI=1S/C17H22ClNO6/c1-5-16(6-2,11-8-7-9-12(25-4)13(11)18)17(14(21)22,15(23)24)19-10(3)20/h7-9H,5-6H2,1-4H3,(H,19,20)(H,21,22)(H,23,24). The topological polar surface area (TPSA) is 113 Å². The summed E-state index contributed by atoms with van der Waals surface area (Å²) in [6.07, 6.45) is 0.213. The van der Waals surface area contributed by atoms with Crippen molar-refractivity contribution in [3.05, 3.63) is 28.8 Å². The largest absolute Gasteiger partial charge is 0.495 e. The number of carbonyl (C=O) groups excluding carboxylic acids is 1. The summed E-state index contributed by atoms with van der Waals surface area (Å²) >= 11 is 6.38. The number of carbonyl (C=O) groups is 3. The number of carboxylic acids is 2. The Morgan fingerprint density at radius 2 is 1.68 bits per heavy atom. The number of hydrogen-bond acceptors (Lipinski definition) is 4. The van der Waals surface area contributed by atoms with Crippen LogP contribution in [0.3, 0.4) is 0 Å². The van der Waals surface area contributed by atoms with Crippen LogP contribution in [-0.2, 0) is 19.8 Å². The van der Waals surface area contributed by atoms with Crippen LogP contribution in [0.1, 0.15) is 39.2 Å². The molecule has 0 bridgehead atoms. The minimum atomic E-state index is -2.58. The van der Waals surface area contributed by atoms with Crippen molar-refractivity contribution >= 4 is 29.4 Å². The molecule has 138 valence electrons. The molecule has 0 heterocycles. The molecule has 0 aliphatic carbocycles. The number of amides is 1. The van der Waals surface area contributed by atoms with Crippen LogP contribution in [0.5, 0.6) is 5.75 Å². The third-order valence-corrected chi connectivity index (χ3v) is 5.02. The van der Waals surface area contributed by atoms with Gasteiger partial charge in [0.05, 0.1) is 12.1 Å². The normalized spacial score (nSPS) is 11.7. The quantitative estimate of drug-likeness (QED) is 0.605. The smallest absolute Gasteiger partial charge is 0.342 e. The van der Waals surface area contributed by atoms with Gasteiger partial charge in [0.2, 0.25) is 11.4 Å². The highest BCUT2D eigenvalue weighted by Crippen LogP contribution is 2.47. The van der Waals surface area contributed by atoms with Crippen LogP contribution in [-0.4, -0.2) is 40.7 Å². The highest BCUT2D eigenvalue weighted by atomic mass is 35.5. The summed E-state index contributed by atoms with van der Waals surface area (Å²) in [5, 5.41) is 22.0. The third kappa shape index (κ3) is 3.16. The molecule has 0 spiro atoms. The van der Waals surface area contributed by atoms with Gasteiger partial charge in [0.1, 0.15) is 5.75 Å². The van der Waals surface area contributed by atoms with Gasteiger partial charge in [0, 0.05) is 12.3 Å². The van der Waals surface area contributed by atoms with E-state index in [1.54, 1.807) is 32.0 Å². The molecule has 25 heavy (non-hydrogen) atoms. The van der Waals surface area contributed by atoms with E-state index in [0.717, 1.165) is 6.92 Å². The van der Waals surface area contributed by atoms with Crippen LogP contribution in [0.2, 0.25) is 5.02 Å². The van der Waals surface area contributed by atoms with Crippen molar-refractivity contribution in [2.75, 3.05) is 7.11 Å². The van der Waals surface area contributed by atoms with Gasteiger partial charge in [0.25, 0.3) is 0 Å². The first kappa shape index (κ1) is 20.8. The molecule has 0 aromatic heterocycles. The SMILES string of the molecule is CCC(CC)(c1cccc(OC)c1Cl)C(NC(C)=O)(C(=O)O)C(=O)O. The summed E-state index contributed by atoms with van der Waals surface area (Å²) in [6, 6.07) is 4.74. The van der Waals surface area contributed by atoms with Gasteiger partial charge in [-0.25, -0.2) is 9.59 Å². The van der Waals surface area contributed by atoms with Gasteiger partial charge in [-0.15, -0.1) is 0 Å². The highest BCUT2D eigenvalue weighted by Gasteiger charge is 2.63. The summed E-state index contributed by atoms with van der Waals surface area (Å²) in [5.41, 5.74) is -3.79. The number of benzene rings is 1. The monoisotopic (exact) mass is 371 g/mol. The summed E-state index contributed by atoms with van der Waals surface area (Å²) in [6.45, 7) is 4.38. The Hall–Kier alpha value is -2.28. The van der Waals surface area contributed by atoms with E-state index in [1.807, 2.05) is 0 Å². The molecule has 7 nitrogen and oxygen atoms in total. The fourth-order valence-corrected chi connectivity index (χ4v) is 3.78. The van der Waals surface area contributed by atoms with E-state index in [0.29, 0.717) is 0 Å². The van der Waals surface area contributed by atoms with E-state index in [2.05, 4.69) is 5.32 Å². The fraction of sp³-hybridized carbons (Fsp3) is 0.471. The number of nitrogens with one attached hydrogen (secondary N) is 1. The predicted octanol–water partition coefficient (Wildman–Crippen LogP) is 2.45. The molecular formula is C17H22ClNO6. The lowest BCUT2D eigenvalue weighted by Gasteiger charge is -2.45. The molecule has 0 saturated heterocycles. The molecule has 1 aromatic carbocycles. The molecule has 0 aliphatic heterocycles. The van der Waals surface area contributed by atoms with Crippen LogP contribution < -0.4 is 10.1 Å². The van der Waals surface area contributed by atoms with Crippen molar-refractivity contribution in [1.29, 1.82) is 0 Å². The average molecular weight is 372 g/mol. The Morgan fingerprint density at radius 1 is 1.16 bits per heavy atom. The lowest BCUT2D eigenvalue weighted by molar-refractivity contribution is -0.166. The Labute approximate surface area is 150 Å². The number of rotatable bonds is 8. The first-order valence-electron chi connectivity index (χ1n) is 7.73. The van der Waals surface area contributed by atoms with E-state index in [-0.39, 0.29) is 29.2 Å². The number of ether oxygens (including phenoxy) is 1.